The summed E-state index contributed by atoms with van der Waals surface area (Å²) in [5, 5.41) is 7.42. The molecule has 0 spiro atoms. The number of hydrogen-bond donors (Lipinski definition) is 2. The molecule has 0 atom stereocenters. The molecule has 2 aliphatic rings. The molecule has 2 amide bonds. The van der Waals surface area contributed by atoms with Gasteiger partial charge in [-0.05, 0) is 68.4 Å². The highest BCUT2D eigenvalue weighted by molar-refractivity contribution is 7.17. The van der Waals surface area contributed by atoms with E-state index < -0.39 is 0 Å². The third-order valence-electron chi connectivity index (χ3n) is 5.78. The molecule has 2 aromatic rings. The molecular formula is C23H27ClN2O3S. The van der Waals surface area contributed by atoms with E-state index >= 15 is 0 Å². The van der Waals surface area contributed by atoms with Crippen LogP contribution < -0.4 is 15.4 Å². The van der Waals surface area contributed by atoms with Crippen molar-refractivity contribution >= 4 is 39.8 Å². The Morgan fingerprint density at radius 2 is 1.77 bits per heavy atom. The fourth-order valence-corrected chi connectivity index (χ4v) is 5.67. The number of thiophene rings is 1. The predicted molar refractivity (Wildman–Crippen MR) is 121 cm³/mol. The quantitative estimate of drug-likeness (QED) is 0.627. The van der Waals surface area contributed by atoms with Crippen molar-refractivity contribution in [1.29, 1.82) is 0 Å². The lowest BCUT2D eigenvalue weighted by Gasteiger charge is -2.23. The minimum Gasteiger partial charge on any atom is -0.484 e. The summed E-state index contributed by atoms with van der Waals surface area (Å²) in [5.41, 5.74) is 1.79. The Kier molecular flexibility index (Phi) is 6.95. The topological polar surface area (TPSA) is 67.4 Å². The van der Waals surface area contributed by atoms with Gasteiger partial charge in [-0.1, -0.05) is 30.9 Å². The molecule has 0 bridgehead atoms. The van der Waals surface area contributed by atoms with Crippen LogP contribution in [0.25, 0.3) is 0 Å². The number of benzene rings is 1. The molecule has 1 heterocycles. The summed E-state index contributed by atoms with van der Waals surface area (Å²) in [5.74, 6) is 0.265. The summed E-state index contributed by atoms with van der Waals surface area (Å²) in [6.07, 6.45) is 9.73. The van der Waals surface area contributed by atoms with Gasteiger partial charge in [0.15, 0.2) is 6.61 Å². The zero-order valence-corrected chi connectivity index (χ0v) is 18.5. The van der Waals surface area contributed by atoms with Crippen LogP contribution in [0.15, 0.2) is 24.3 Å². The van der Waals surface area contributed by atoms with Gasteiger partial charge in [0, 0.05) is 15.9 Å². The first kappa shape index (κ1) is 21.2. The van der Waals surface area contributed by atoms with Crippen molar-refractivity contribution in [3.05, 3.63) is 45.3 Å². The number of ether oxygens (including phenoxy) is 1. The molecule has 0 saturated heterocycles. The lowest BCUT2D eigenvalue weighted by Crippen LogP contribution is -2.37. The molecule has 0 unspecified atom stereocenters. The number of carbonyl (C=O) groups excluding carboxylic acids is 2. The molecule has 0 aliphatic heterocycles. The van der Waals surface area contributed by atoms with E-state index in [1.54, 1.807) is 24.3 Å². The number of amides is 2. The lowest BCUT2D eigenvalue weighted by molar-refractivity contribution is -0.118. The zero-order valence-electron chi connectivity index (χ0n) is 17.0. The van der Waals surface area contributed by atoms with E-state index in [0.29, 0.717) is 21.3 Å². The van der Waals surface area contributed by atoms with Crippen LogP contribution in [-0.2, 0) is 17.6 Å². The van der Waals surface area contributed by atoms with Crippen LogP contribution in [0.2, 0.25) is 5.02 Å². The Morgan fingerprint density at radius 3 is 2.53 bits per heavy atom. The average Bonchev–Trinajstić information content (AvgIpc) is 3.12. The molecule has 1 saturated carbocycles. The minimum absolute atomic E-state index is 0.0461. The summed E-state index contributed by atoms with van der Waals surface area (Å²) in [6, 6.07) is 7.12. The van der Waals surface area contributed by atoms with Gasteiger partial charge in [0.05, 0.1) is 5.56 Å². The summed E-state index contributed by atoms with van der Waals surface area (Å²) in [4.78, 5) is 26.9. The van der Waals surface area contributed by atoms with E-state index in [1.807, 2.05) is 0 Å². The SMILES string of the molecule is O=C(COc1ccc(Cl)cc1)Nc1sc2c(c1C(=O)NC1CCCCC1)CCCC2. The first-order valence-corrected chi connectivity index (χ1v) is 11.9. The molecule has 1 aromatic carbocycles. The second-order valence-electron chi connectivity index (χ2n) is 8.01. The number of anilines is 1. The van der Waals surface area contributed by atoms with E-state index in [4.69, 9.17) is 16.3 Å². The van der Waals surface area contributed by atoms with Gasteiger partial charge in [0.2, 0.25) is 0 Å². The van der Waals surface area contributed by atoms with Crippen LogP contribution in [-0.4, -0.2) is 24.5 Å². The normalized spacial score (nSPS) is 16.6. The van der Waals surface area contributed by atoms with Crippen LogP contribution in [0.4, 0.5) is 5.00 Å². The van der Waals surface area contributed by atoms with Crippen LogP contribution in [0.3, 0.4) is 0 Å². The Balaban J connectivity index is 1.46. The third-order valence-corrected chi connectivity index (χ3v) is 7.23. The van der Waals surface area contributed by atoms with Crippen LogP contribution in [0.1, 0.15) is 65.7 Å². The van der Waals surface area contributed by atoms with E-state index in [1.165, 1.54) is 35.5 Å². The van der Waals surface area contributed by atoms with E-state index in [9.17, 15) is 9.59 Å². The molecule has 30 heavy (non-hydrogen) atoms. The monoisotopic (exact) mass is 446 g/mol. The molecule has 4 rings (SSSR count). The molecule has 1 fully saturated rings. The Labute approximate surface area is 186 Å². The second-order valence-corrected chi connectivity index (χ2v) is 9.56. The highest BCUT2D eigenvalue weighted by Crippen LogP contribution is 2.38. The summed E-state index contributed by atoms with van der Waals surface area (Å²) in [7, 11) is 0. The van der Waals surface area contributed by atoms with Crippen molar-refractivity contribution in [3.63, 3.8) is 0 Å². The Hall–Kier alpha value is -2.05. The largest absolute Gasteiger partial charge is 0.484 e. The maximum atomic E-state index is 13.2. The van der Waals surface area contributed by atoms with Crippen LogP contribution >= 0.6 is 22.9 Å². The fraction of sp³-hybridized carbons (Fsp3) is 0.478. The van der Waals surface area contributed by atoms with Gasteiger partial charge < -0.3 is 15.4 Å². The summed E-state index contributed by atoms with van der Waals surface area (Å²) >= 11 is 7.42. The first-order valence-electron chi connectivity index (χ1n) is 10.7. The molecule has 0 radical (unpaired) electrons. The Bertz CT molecular complexity index is 904. The van der Waals surface area contributed by atoms with E-state index in [2.05, 4.69) is 10.6 Å². The molecule has 7 heteroatoms. The number of nitrogens with one attached hydrogen (secondary N) is 2. The van der Waals surface area contributed by atoms with E-state index in [0.717, 1.165) is 44.1 Å². The number of hydrogen-bond acceptors (Lipinski definition) is 4. The third kappa shape index (κ3) is 5.16. The van der Waals surface area contributed by atoms with Gasteiger partial charge in [-0.15, -0.1) is 11.3 Å². The van der Waals surface area contributed by atoms with Gasteiger partial charge in [0.25, 0.3) is 11.8 Å². The number of carbonyl (C=O) groups is 2. The summed E-state index contributed by atoms with van der Waals surface area (Å²) < 4.78 is 5.55. The lowest BCUT2D eigenvalue weighted by atomic mass is 9.93. The predicted octanol–water partition coefficient (Wildman–Crippen LogP) is 5.36. The van der Waals surface area contributed by atoms with Crippen LogP contribution in [0.5, 0.6) is 5.75 Å². The van der Waals surface area contributed by atoms with Gasteiger partial charge >= 0.3 is 0 Å². The van der Waals surface area contributed by atoms with Crippen molar-refractivity contribution in [3.8, 4) is 5.75 Å². The van der Waals surface area contributed by atoms with Crippen molar-refractivity contribution in [2.75, 3.05) is 11.9 Å². The van der Waals surface area contributed by atoms with Crippen LogP contribution in [0, 0.1) is 0 Å². The van der Waals surface area contributed by atoms with E-state index in [-0.39, 0.29) is 24.5 Å². The first-order chi connectivity index (χ1) is 14.6. The maximum absolute atomic E-state index is 13.2. The molecule has 5 nitrogen and oxygen atoms in total. The second kappa shape index (κ2) is 9.84. The molecule has 160 valence electrons. The average molecular weight is 447 g/mol. The van der Waals surface area contributed by atoms with Gasteiger partial charge in [-0.25, -0.2) is 0 Å². The van der Waals surface area contributed by atoms with Gasteiger partial charge in [0.1, 0.15) is 10.8 Å². The molecule has 1 aromatic heterocycles. The number of halogens is 1. The molecular weight excluding hydrogens is 420 g/mol. The minimum atomic E-state index is -0.268. The fourth-order valence-electron chi connectivity index (χ4n) is 4.24. The molecule has 2 N–H and O–H groups in total. The van der Waals surface area contributed by atoms with Crippen molar-refractivity contribution in [2.24, 2.45) is 0 Å². The molecule has 2 aliphatic carbocycles. The van der Waals surface area contributed by atoms with Crippen molar-refractivity contribution < 1.29 is 14.3 Å². The number of aryl methyl sites for hydroxylation is 1. The van der Waals surface area contributed by atoms with Gasteiger partial charge in [-0.3, -0.25) is 9.59 Å². The number of rotatable bonds is 6. The smallest absolute Gasteiger partial charge is 0.262 e. The highest BCUT2D eigenvalue weighted by Gasteiger charge is 2.28. The number of fused-ring (bicyclic) bond motifs is 1. The van der Waals surface area contributed by atoms with Crippen molar-refractivity contribution in [1.82, 2.24) is 5.32 Å². The van der Waals surface area contributed by atoms with Crippen molar-refractivity contribution in [2.45, 2.75) is 63.8 Å². The standard InChI is InChI=1S/C23H27ClN2O3S/c24-15-10-12-17(13-11-15)29-14-20(27)26-23-21(18-8-4-5-9-19(18)30-23)22(28)25-16-6-2-1-3-7-16/h10-13,16H,1-9,14H2,(H,25,28)(H,26,27). The Morgan fingerprint density at radius 1 is 1.03 bits per heavy atom. The van der Waals surface area contributed by atoms with Gasteiger partial charge in [-0.2, -0.15) is 0 Å². The summed E-state index contributed by atoms with van der Waals surface area (Å²) in [6.45, 7) is -0.117. The highest BCUT2D eigenvalue weighted by atomic mass is 35.5. The zero-order chi connectivity index (χ0) is 20.9. The maximum Gasteiger partial charge on any atom is 0.262 e.